The van der Waals surface area contributed by atoms with Crippen molar-refractivity contribution >= 4 is 28.6 Å². The van der Waals surface area contributed by atoms with Crippen LogP contribution in [0.15, 0.2) is 63.8 Å². The first-order valence-corrected chi connectivity index (χ1v) is 12.0. The Hall–Kier alpha value is -4.46. The number of carbonyl (C=O) groups excluding carboxylic acids is 2. The fraction of sp³-hybridized carbons (Fsp3) is 0.241. The van der Waals surface area contributed by atoms with Gasteiger partial charge in [0.25, 0.3) is 0 Å². The predicted octanol–water partition coefficient (Wildman–Crippen LogP) is 5.15. The molecule has 190 valence electrons. The average Bonchev–Trinajstić information content (AvgIpc) is 2.89. The van der Waals surface area contributed by atoms with Gasteiger partial charge in [0.1, 0.15) is 17.1 Å². The van der Waals surface area contributed by atoms with Crippen LogP contribution in [0.25, 0.3) is 33.4 Å². The van der Waals surface area contributed by atoms with Gasteiger partial charge in [-0.05, 0) is 48.7 Å². The Morgan fingerprint density at radius 1 is 0.973 bits per heavy atom. The molecule has 1 aliphatic heterocycles. The van der Waals surface area contributed by atoms with E-state index >= 15 is 0 Å². The number of ketones is 1. The van der Waals surface area contributed by atoms with Gasteiger partial charge >= 0.3 is 5.97 Å². The maximum Gasteiger partial charge on any atom is 0.336 e. The zero-order chi connectivity index (χ0) is 26.5. The lowest BCUT2D eigenvalue weighted by molar-refractivity contribution is -0.121. The lowest BCUT2D eigenvalue weighted by Gasteiger charge is -2.17. The molecule has 0 bridgehead atoms. The Balaban J connectivity index is 1.75. The van der Waals surface area contributed by atoms with Crippen molar-refractivity contribution in [2.75, 3.05) is 13.7 Å². The number of carboxylic acids is 1. The number of carboxylic acid groups (broad SMARTS) is 1. The summed E-state index contributed by atoms with van der Waals surface area (Å²) >= 11 is 0. The second-order valence-electron chi connectivity index (χ2n) is 8.69. The molecule has 8 nitrogen and oxygen atoms in total. The molecule has 37 heavy (non-hydrogen) atoms. The maximum absolute atomic E-state index is 12.8. The molecular formula is C29H27NO7. The van der Waals surface area contributed by atoms with Crippen LogP contribution in [0.2, 0.25) is 0 Å². The summed E-state index contributed by atoms with van der Waals surface area (Å²) in [5, 5.41) is 13.5. The lowest BCUT2D eigenvalue weighted by Crippen LogP contribution is -2.24. The van der Waals surface area contributed by atoms with Gasteiger partial charge in [0.2, 0.25) is 5.91 Å². The molecule has 8 heteroatoms. The van der Waals surface area contributed by atoms with Gasteiger partial charge in [0.15, 0.2) is 11.2 Å². The molecule has 1 amide bonds. The lowest BCUT2D eigenvalue weighted by atomic mass is 9.89. The molecule has 0 saturated carbocycles. The quantitative estimate of drug-likeness (QED) is 0.175. The van der Waals surface area contributed by atoms with E-state index in [0.717, 1.165) is 6.42 Å². The number of ether oxygens (including phenoxy) is 1. The second kappa shape index (κ2) is 11.1. The molecule has 0 radical (unpaired) electrons. The number of amides is 1. The van der Waals surface area contributed by atoms with Crippen LogP contribution >= 0.6 is 0 Å². The fourth-order valence-corrected chi connectivity index (χ4v) is 4.32. The molecule has 2 aromatic carbocycles. The van der Waals surface area contributed by atoms with Crippen LogP contribution in [0.5, 0.6) is 5.75 Å². The van der Waals surface area contributed by atoms with Gasteiger partial charge in [-0.1, -0.05) is 19.1 Å². The van der Waals surface area contributed by atoms with E-state index in [-0.39, 0.29) is 34.7 Å². The Bertz CT molecular complexity index is 1520. The van der Waals surface area contributed by atoms with E-state index < -0.39 is 5.97 Å². The molecule has 1 aliphatic carbocycles. The third kappa shape index (κ3) is 5.53. The van der Waals surface area contributed by atoms with Crippen LogP contribution in [0.4, 0.5) is 0 Å². The van der Waals surface area contributed by atoms with E-state index in [1.807, 2.05) is 6.92 Å². The van der Waals surface area contributed by atoms with Gasteiger partial charge in [-0.15, -0.1) is 0 Å². The molecule has 2 aromatic rings. The van der Waals surface area contributed by atoms with Crippen molar-refractivity contribution in [2.45, 2.75) is 32.6 Å². The number of aromatic carboxylic acids is 1. The minimum absolute atomic E-state index is 0.0436. The minimum atomic E-state index is -1.19. The van der Waals surface area contributed by atoms with E-state index in [9.17, 15) is 24.3 Å². The van der Waals surface area contributed by atoms with Crippen LogP contribution < -0.4 is 15.5 Å². The van der Waals surface area contributed by atoms with E-state index in [1.165, 1.54) is 25.3 Å². The van der Waals surface area contributed by atoms with Crippen molar-refractivity contribution in [3.05, 3.63) is 75.9 Å². The molecule has 0 aromatic heterocycles. The SMILES string of the molecule is CCCC(=O)NCCCC(=O)c1ccc(-c2c3ccc(=O)cc-3oc3cc(OC)ccc23)c(C(=O)O)c1. The van der Waals surface area contributed by atoms with Crippen LogP contribution in [-0.2, 0) is 4.79 Å². The predicted molar refractivity (Wildman–Crippen MR) is 140 cm³/mol. The van der Waals surface area contributed by atoms with Crippen molar-refractivity contribution in [3.8, 4) is 28.2 Å². The highest BCUT2D eigenvalue weighted by atomic mass is 16.5. The van der Waals surface area contributed by atoms with Crippen molar-refractivity contribution in [2.24, 2.45) is 0 Å². The maximum atomic E-state index is 12.8. The molecule has 2 N–H and O–H groups in total. The van der Waals surface area contributed by atoms with Crippen molar-refractivity contribution in [1.29, 1.82) is 0 Å². The summed E-state index contributed by atoms with van der Waals surface area (Å²) < 4.78 is 11.3. The van der Waals surface area contributed by atoms with Crippen LogP contribution in [0.3, 0.4) is 0 Å². The van der Waals surface area contributed by atoms with E-state index in [4.69, 9.17) is 9.15 Å². The first-order valence-electron chi connectivity index (χ1n) is 12.0. The van der Waals surface area contributed by atoms with Crippen molar-refractivity contribution in [1.82, 2.24) is 5.32 Å². The third-order valence-corrected chi connectivity index (χ3v) is 6.12. The zero-order valence-electron chi connectivity index (χ0n) is 20.6. The summed E-state index contributed by atoms with van der Waals surface area (Å²) in [6.07, 6.45) is 1.82. The molecule has 1 heterocycles. The third-order valence-electron chi connectivity index (χ3n) is 6.12. The Morgan fingerprint density at radius 3 is 2.49 bits per heavy atom. The number of nitrogens with one attached hydrogen (secondary N) is 1. The smallest absolute Gasteiger partial charge is 0.336 e. The van der Waals surface area contributed by atoms with Gasteiger partial charge < -0.3 is 19.6 Å². The van der Waals surface area contributed by atoms with Gasteiger partial charge in [-0.25, -0.2) is 4.79 Å². The molecule has 2 aliphatic rings. The van der Waals surface area contributed by atoms with Gasteiger partial charge in [-0.2, -0.15) is 0 Å². The van der Waals surface area contributed by atoms with Gasteiger partial charge in [-0.3, -0.25) is 14.4 Å². The number of hydrogen-bond donors (Lipinski definition) is 2. The number of carbonyl (C=O) groups is 3. The topological polar surface area (TPSA) is 123 Å². The summed E-state index contributed by atoms with van der Waals surface area (Å²) in [7, 11) is 1.52. The Labute approximate surface area is 213 Å². The number of methoxy groups -OCH3 is 1. The van der Waals surface area contributed by atoms with E-state index in [2.05, 4.69) is 5.32 Å². The van der Waals surface area contributed by atoms with E-state index in [1.54, 1.807) is 36.4 Å². The molecule has 0 fully saturated rings. The number of benzene rings is 3. The standard InChI is InChI=1S/C29H27NO7/c1-3-5-27(33)30-13-4-6-24(32)17-7-10-20(23(14-17)29(34)35)28-21-11-8-18(31)15-25(21)37-26-16-19(36-2)9-12-22(26)28/h7-12,14-16H,3-6,13H2,1-2H3,(H,30,33)(H,34,35). The number of hydrogen-bond acceptors (Lipinski definition) is 6. The molecule has 0 spiro atoms. The van der Waals surface area contributed by atoms with Gasteiger partial charge in [0.05, 0.1) is 12.7 Å². The second-order valence-corrected chi connectivity index (χ2v) is 8.69. The average molecular weight is 502 g/mol. The molecular weight excluding hydrogens is 474 g/mol. The first-order chi connectivity index (χ1) is 17.8. The highest BCUT2D eigenvalue weighted by Gasteiger charge is 2.23. The summed E-state index contributed by atoms with van der Waals surface area (Å²) in [5.74, 6) is -0.594. The molecule has 0 atom stereocenters. The summed E-state index contributed by atoms with van der Waals surface area (Å²) in [5.41, 5.74) is 1.96. The molecule has 4 rings (SSSR count). The first kappa shape index (κ1) is 25.6. The van der Waals surface area contributed by atoms with Crippen LogP contribution in [-0.4, -0.2) is 36.4 Å². The normalized spacial score (nSPS) is 11.0. The highest BCUT2D eigenvalue weighted by Crippen LogP contribution is 2.42. The largest absolute Gasteiger partial charge is 0.497 e. The van der Waals surface area contributed by atoms with Gasteiger partial charge in [0, 0.05) is 53.6 Å². The monoisotopic (exact) mass is 501 g/mol. The van der Waals surface area contributed by atoms with Crippen LogP contribution in [0, 0.1) is 0 Å². The summed E-state index contributed by atoms with van der Waals surface area (Å²) in [6, 6.07) is 14.1. The van der Waals surface area contributed by atoms with E-state index in [0.29, 0.717) is 58.6 Å². The number of rotatable bonds is 10. The Morgan fingerprint density at radius 2 is 1.76 bits per heavy atom. The summed E-state index contributed by atoms with van der Waals surface area (Å²) in [6.45, 7) is 2.30. The molecule has 0 unspecified atom stereocenters. The number of fused-ring (bicyclic) bond motifs is 2. The number of Topliss-reactive ketones (excluding diaryl/α,β-unsaturated/α-hetero) is 1. The van der Waals surface area contributed by atoms with Crippen LogP contribution in [0.1, 0.15) is 53.3 Å². The minimum Gasteiger partial charge on any atom is -0.497 e. The molecule has 0 saturated heterocycles. The Kier molecular flexibility index (Phi) is 7.67. The van der Waals surface area contributed by atoms with Crippen molar-refractivity contribution < 1.29 is 28.6 Å². The highest BCUT2D eigenvalue weighted by molar-refractivity contribution is 6.09. The fourth-order valence-electron chi connectivity index (χ4n) is 4.32. The summed E-state index contributed by atoms with van der Waals surface area (Å²) in [4.78, 5) is 48.8. The van der Waals surface area contributed by atoms with Crippen molar-refractivity contribution in [3.63, 3.8) is 0 Å². The zero-order valence-corrected chi connectivity index (χ0v) is 20.6.